The first-order valence-corrected chi connectivity index (χ1v) is 5.45. The van der Waals surface area contributed by atoms with Crippen LogP contribution in [-0.2, 0) is 0 Å². The van der Waals surface area contributed by atoms with Crippen LogP contribution in [0.5, 0.6) is 0 Å². The predicted octanol–water partition coefficient (Wildman–Crippen LogP) is 1.36. The summed E-state index contributed by atoms with van der Waals surface area (Å²) in [5.41, 5.74) is 0. The zero-order valence-electron chi connectivity index (χ0n) is 8.45. The van der Waals surface area contributed by atoms with Gasteiger partial charge in [0.05, 0.1) is 0 Å². The van der Waals surface area contributed by atoms with Crippen LogP contribution < -0.4 is 4.90 Å². The second-order valence-electron chi connectivity index (χ2n) is 3.82. The monoisotopic (exact) mass is 195 g/mol. The third-order valence-electron chi connectivity index (χ3n) is 2.72. The van der Waals surface area contributed by atoms with Gasteiger partial charge in [-0.2, -0.15) is 5.21 Å². The largest absolute Gasteiger partial charge is 0.338 e. The number of hydrogen-bond acceptors (Lipinski definition) is 4. The van der Waals surface area contributed by atoms with E-state index in [2.05, 4.69) is 25.5 Å². The molecule has 0 amide bonds. The summed E-state index contributed by atoms with van der Waals surface area (Å²) in [5.74, 6) is 0.756. The van der Waals surface area contributed by atoms with Crippen LogP contribution in [0.3, 0.4) is 0 Å². The van der Waals surface area contributed by atoms with Crippen LogP contribution in [0.1, 0.15) is 38.5 Å². The van der Waals surface area contributed by atoms with Crippen LogP contribution in [0.25, 0.3) is 0 Å². The molecular weight excluding hydrogens is 178 g/mol. The smallest absolute Gasteiger partial charge is 0.265 e. The van der Waals surface area contributed by atoms with E-state index in [0.717, 1.165) is 19.0 Å². The van der Waals surface area contributed by atoms with E-state index >= 15 is 0 Å². The summed E-state index contributed by atoms with van der Waals surface area (Å²) in [6.07, 6.45) is 7.89. The number of hydrogen-bond donors (Lipinski definition) is 1. The van der Waals surface area contributed by atoms with Gasteiger partial charge in [-0.25, -0.2) is 0 Å². The minimum Gasteiger partial charge on any atom is -0.338 e. The summed E-state index contributed by atoms with van der Waals surface area (Å²) in [7, 11) is 0. The van der Waals surface area contributed by atoms with Gasteiger partial charge in [0.25, 0.3) is 5.95 Å². The highest BCUT2D eigenvalue weighted by atomic mass is 15.5. The van der Waals surface area contributed by atoms with Crippen molar-refractivity contribution in [1.82, 2.24) is 20.6 Å². The minimum absolute atomic E-state index is 0.756. The van der Waals surface area contributed by atoms with Gasteiger partial charge in [-0.1, -0.05) is 30.8 Å². The molecule has 78 valence electrons. The number of H-pyrrole nitrogens is 1. The van der Waals surface area contributed by atoms with Gasteiger partial charge in [-0.15, -0.1) is 5.10 Å². The molecule has 0 bridgehead atoms. The highest BCUT2D eigenvalue weighted by Crippen LogP contribution is 2.13. The van der Waals surface area contributed by atoms with Crippen LogP contribution in [0.15, 0.2) is 0 Å². The average molecular weight is 195 g/mol. The fraction of sp³-hybridized carbons (Fsp3) is 0.889. The highest BCUT2D eigenvalue weighted by molar-refractivity contribution is 5.25. The van der Waals surface area contributed by atoms with E-state index < -0.39 is 0 Å². The molecular formula is C9H17N5. The van der Waals surface area contributed by atoms with E-state index in [1.54, 1.807) is 0 Å². The minimum atomic E-state index is 0.756. The van der Waals surface area contributed by atoms with E-state index in [4.69, 9.17) is 0 Å². The van der Waals surface area contributed by atoms with Crippen molar-refractivity contribution in [3.8, 4) is 0 Å². The van der Waals surface area contributed by atoms with Crippen molar-refractivity contribution in [2.24, 2.45) is 0 Å². The van der Waals surface area contributed by atoms with E-state index in [1.165, 1.54) is 38.5 Å². The average Bonchev–Trinajstić information content (AvgIpc) is 2.75. The Bertz CT molecular complexity index is 236. The fourth-order valence-electron chi connectivity index (χ4n) is 1.91. The summed E-state index contributed by atoms with van der Waals surface area (Å²) < 4.78 is 0. The second-order valence-corrected chi connectivity index (χ2v) is 3.82. The molecule has 1 fully saturated rings. The summed E-state index contributed by atoms with van der Waals surface area (Å²) in [5, 5.41) is 14.1. The predicted molar refractivity (Wildman–Crippen MR) is 54.1 cm³/mol. The number of nitrogens with one attached hydrogen (secondary N) is 1. The Morgan fingerprint density at radius 1 is 0.929 bits per heavy atom. The normalized spacial score (nSPS) is 19.9. The SMILES string of the molecule is C1CCCCN(c2nn[nH]n2)CCC1. The zero-order chi connectivity index (χ0) is 9.64. The molecule has 2 heterocycles. The molecule has 0 radical (unpaired) electrons. The molecule has 1 saturated heterocycles. The lowest BCUT2D eigenvalue weighted by molar-refractivity contribution is 0.636. The van der Waals surface area contributed by atoms with Gasteiger partial charge in [0.1, 0.15) is 0 Å². The third kappa shape index (κ3) is 2.43. The van der Waals surface area contributed by atoms with Crippen molar-refractivity contribution in [2.45, 2.75) is 38.5 Å². The zero-order valence-corrected chi connectivity index (χ0v) is 8.45. The molecule has 0 saturated carbocycles. The Kier molecular flexibility index (Phi) is 3.32. The summed E-state index contributed by atoms with van der Waals surface area (Å²) in [4.78, 5) is 2.23. The van der Waals surface area contributed by atoms with Gasteiger partial charge in [0, 0.05) is 13.1 Å². The standard InChI is InChI=1S/C9H17N5/c1-2-4-6-8-14(7-5-3-1)9-10-12-13-11-9/h1-8H2,(H,10,11,12,13). The number of tetrazole rings is 1. The molecule has 0 aromatic carbocycles. The number of nitrogens with zero attached hydrogens (tertiary/aromatic N) is 4. The molecule has 0 unspecified atom stereocenters. The first-order valence-electron chi connectivity index (χ1n) is 5.45. The van der Waals surface area contributed by atoms with Crippen LogP contribution in [0.2, 0.25) is 0 Å². The summed E-state index contributed by atoms with van der Waals surface area (Å²) in [6, 6.07) is 0. The van der Waals surface area contributed by atoms with Gasteiger partial charge in [0.15, 0.2) is 0 Å². The molecule has 1 aliphatic rings. The first-order chi connectivity index (χ1) is 6.97. The summed E-state index contributed by atoms with van der Waals surface area (Å²) in [6.45, 7) is 2.14. The van der Waals surface area contributed by atoms with Crippen LogP contribution in [-0.4, -0.2) is 33.7 Å². The third-order valence-corrected chi connectivity index (χ3v) is 2.72. The number of aromatic nitrogens is 4. The molecule has 2 rings (SSSR count). The fourth-order valence-corrected chi connectivity index (χ4v) is 1.91. The second kappa shape index (κ2) is 4.93. The van der Waals surface area contributed by atoms with E-state index in [-0.39, 0.29) is 0 Å². The lowest BCUT2D eigenvalue weighted by Gasteiger charge is -2.18. The van der Waals surface area contributed by atoms with Gasteiger partial charge >= 0.3 is 0 Å². The van der Waals surface area contributed by atoms with Crippen molar-refractivity contribution in [3.63, 3.8) is 0 Å². The number of anilines is 1. The quantitative estimate of drug-likeness (QED) is 0.735. The first kappa shape index (κ1) is 9.43. The molecule has 0 aliphatic carbocycles. The molecule has 0 atom stereocenters. The Morgan fingerprint density at radius 3 is 2.14 bits per heavy atom. The lowest BCUT2D eigenvalue weighted by atomic mass is 10.1. The molecule has 1 aromatic rings. The Balaban J connectivity index is 1.94. The molecule has 1 aromatic heterocycles. The van der Waals surface area contributed by atoms with Crippen LogP contribution in [0.4, 0.5) is 5.95 Å². The Labute approximate surface area is 83.9 Å². The van der Waals surface area contributed by atoms with Crippen molar-refractivity contribution in [2.75, 3.05) is 18.0 Å². The lowest BCUT2D eigenvalue weighted by Crippen LogP contribution is -2.26. The van der Waals surface area contributed by atoms with Gasteiger partial charge in [0.2, 0.25) is 0 Å². The van der Waals surface area contributed by atoms with Gasteiger partial charge in [-0.05, 0) is 18.1 Å². The van der Waals surface area contributed by atoms with Crippen LogP contribution >= 0.6 is 0 Å². The molecule has 5 heteroatoms. The van der Waals surface area contributed by atoms with Crippen molar-refractivity contribution < 1.29 is 0 Å². The molecule has 5 nitrogen and oxygen atoms in total. The van der Waals surface area contributed by atoms with Gasteiger partial charge in [-0.3, -0.25) is 0 Å². The molecule has 1 N–H and O–H groups in total. The van der Waals surface area contributed by atoms with Crippen molar-refractivity contribution >= 4 is 5.95 Å². The number of rotatable bonds is 1. The molecule has 0 spiro atoms. The van der Waals surface area contributed by atoms with E-state index in [1.807, 2.05) is 0 Å². The topological polar surface area (TPSA) is 57.7 Å². The van der Waals surface area contributed by atoms with Crippen molar-refractivity contribution in [3.05, 3.63) is 0 Å². The van der Waals surface area contributed by atoms with E-state index in [9.17, 15) is 0 Å². The maximum absolute atomic E-state index is 4.02. The Hall–Kier alpha value is -1.13. The van der Waals surface area contributed by atoms with Crippen molar-refractivity contribution in [1.29, 1.82) is 0 Å². The van der Waals surface area contributed by atoms with E-state index in [0.29, 0.717) is 0 Å². The maximum atomic E-state index is 4.02. The summed E-state index contributed by atoms with van der Waals surface area (Å²) >= 11 is 0. The molecule has 1 aliphatic heterocycles. The van der Waals surface area contributed by atoms with Crippen LogP contribution in [0, 0.1) is 0 Å². The Morgan fingerprint density at radius 2 is 1.57 bits per heavy atom. The molecule has 14 heavy (non-hydrogen) atoms. The maximum Gasteiger partial charge on any atom is 0.265 e. The highest BCUT2D eigenvalue weighted by Gasteiger charge is 2.11. The number of aromatic amines is 1. The van der Waals surface area contributed by atoms with Gasteiger partial charge < -0.3 is 4.90 Å².